The van der Waals surface area contributed by atoms with E-state index in [1.54, 1.807) is 19.2 Å². The van der Waals surface area contributed by atoms with Crippen LogP contribution < -0.4 is 10.1 Å². The van der Waals surface area contributed by atoms with Gasteiger partial charge in [0.25, 0.3) is 0 Å². The van der Waals surface area contributed by atoms with Crippen molar-refractivity contribution in [3.63, 3.8) is 0 Å². The van der Waals surface area contributed by atoms with Gasteiger partial charge in [-0.2, -0.15) is 0 Å². The summed E-state index contributed by atoms with van der Waals surface area (Å²) in [7, 11) is 1.62. The number of halogens is 1. The molecule has 1 atom stereocenters. The fourth-order valence-electron chi connectivity index (χ4n) is 3.34. The Kier molecular flexibility index (Phi) is 3.90. The largest absolute Gasteiger partial charge is 0.504 e. The van der Waals surface area contributed by atoms with Gasteiger partial charge in [0, 0.05) is 17.5 Å². The van der Waals surface area contributed by atoms with E-state index in [-0.39, 0.29) is 17.5 Å². The third kappa shape index (κ3) is 2.75. The number of fused-ring (bicyclic) bond motifs is 2. The molecule has 5 nitrogen and oxygen atoms in total. The first-order valence-corrected chi connectivity index (χ1v) is 8.37. The number of phenols is 2. The molecule has 3 aromatic rings. The summed E-state index contributed by atoms with van der Waals surface area (Å²) in [5, 5.41) is 24.4. The van der Waals surface area contributed by atoms with Gasteiger partial charge in [0.2, 0.25) is 0 Å². The van der Waals surface area contributed by atoms with Gasteiger partial charge in [-0.3, -0.25) is 0 Å². The highest BCUT2D eigenvalue weighted by Gasteiger charge is 2.25. The molecule has 0 spiro atoms. The van der Waals surface area contributed by atoms with Crippen LogP contribution in [0.15, 0.2) is 36.4 Å². The highest BCUT2D eigenvalue weighted by Crippen LogP contribution is 2.38. The van der Waals surface area contributed by atoms with Crippen molar-refractivity contribution in [2.75, 3.05) is 13.7 Å². The predicted molar refractivity (Wildman–Crippen MR) is 96.6 cm³/mol. The smallest absolute Gasteiger partial charge is 0.157 e. The number of nitrogens with zero attached hydrogens (tertiary/aromatic N) is 1. The molecule has 0 radical (unpaired) electrons. The second kappa shape index (κ2) is 6.10. The number of ether oxygens (including phenoxy) is 1. The van der Waals surface area contributed by atoms with Crippen LogP contribution in [0.25, 0.3) is 10.9 Å². The summed E-state index contributed by atoms with van der Waals surface area (Å²) in [5.41, 5.74) is 3.50. The molecule has 1 unspecified atom stereocenters. The molecule has 6 heteroatoms. The second-order valence-corrected chi connectivity index (χ2v) is 6.46. The van der Waals surface area contributed by atoms with E-state index in [0.717, 1.165) is 46.3 Å². The molecule has 1 aliphatic heterocycles. The molecule has 128 valence electrons. The molecular weight excluding hydrogens is 340 g/mol. The zero-order valence-electron chi connectivity index (χ0n) is 13.6. The number of aromatic hydroxyl groups is 2. The maximum Gasteiger partial charge on any atom is 0.157 e. The lowest BCUT2D eigenvalue weighted by Gasteiger charge is -2.28. The topological polar surface area (TPSA) is 74.6 Å². The van der Waals surface area contributed by atoms with Crippen LogP contribution in [0.3, 0.4) is 0 Å². The van der Waals surface area contributed by atoms with Gasteiger partial charge in [-0.05, 0) is 53.9 Å². The first-order chi connectivity index (χ1) is 12.1. The normalized spacial score (nSPS) is 16.6. The lowest BCUT2D eigenvalue weighted by molar-refractivity contribution is 0.400. The SMILES string of the molecule is COc1ccc2nc(Cl)c(C3NCCc4cc(O)c(O)cc43)cc2c1. The van der Waals surface area contributed by atoms with Crippen molar-refractivity contribution in [2.45, 2.75) is 12.5 Å². The van der Waals surface area contributed by atoms with Gasteiger partial charge in [0.05, 0.1) is 18.7 Å². The summed E-state index contributed by atoms with van der Waals surface area (Å²) >= 11 is 6.45. The minimum absolute atomic E-state index is 0.105. The van der Waals surface area contributed by atoms with Crippen molar-refractivity contribution >= 4 is 22.5 Å². The highest BCUT2D eigenvalue weighted by molar-refractivity contribution is 6.30. The van der Waals surface area contributed by atoms with E-state index in [4.69, 9.17) is 16.3 Å². The van der Waals surface area contributed by atoms with Crippen LogP contribution in [0.2, 0.25) is 5.15 Å². The molecule has 0 aliphatic carbocycles. The van der Waals surface area contributed by atoms with Gasteiger partial charge in [0.15, 0.2) is 11.5 Å². The van der Waals surface area contributed by atoms with E-state index < -0.39 is 0 Å². The zero-order chi connectivity index (χ0) is 17.6. The third-order valence-electron chi connectivity index (χ3n) is 4.60. The van der Waals surface area contributed by atoms with Crippen LogP contribution >= 0.6 is 11.6 Å². The van der Waals surface area contributed by atoms with Gasteiger partial charge in [0.1, 0.15) is 10.9 Å². The van der Waals surface area contributed by atoms with Crippen LogP contribution in [-0.2, 0) is 6.42 Å². The molecule has 4 rings (SSSR count). The molecule has 25 heavy (non-hydrogen) atoms. The highest BCUT2D eigenvalue weighted by atomic mass is 35.5. The molecule has 2 heterocycles. The Bertz CT molecular complexity index is 975. The number of phenolic OH excluding ortho intramolecular Hbond substituents is 2. The summed E-state index contributed by atoms with van der Waals surface area (Å²) in [6.07, 6.45) is 0.770. The quantitative estimate of drug-likeness (QED) is 0.483. The molecule has 0 saturated carbocycles. The van der Waals surface area contributed by atoms with Crippen LogP contribution in [-0.4, -0.2) is 28.9 Å². The van der Waals surface area contributed by atoms with Gasteiger partial charge in [-0.1, -0.05) is 11.6 Å². The molecular formula is C19H17ClN2O3. The van der Waals surface area contributed by atoms with E-state index in [9.17, 15) is 10.2 Å². The molecule has 0 amide bonds. The van der Waals surface area contributed by atoms with Crippen molar-refractivity contribution in [1.29, 1.82) is 0 Å². The number of nitrogens with one attached hydrogen (secondary N) is 1. The van der Waals surface area contributed by atoms with Gasteiger partial charge >= 0.3 is 0 Å². The monoisotopic (exact) mass is 356 g/mol. The van der Waals surface area contributed by atoms with E-state index >= 15 is 0 Å². The summed E-state index contributed by atoms with van der Waals surface area (Å²) < 4.78 is 5.29. The second-order valence-electron chi connectivity index (χ2n) is 6.10. The average Bonchev–Trinajstić information content (AvgIpc) is 2.61. The summed E-state index contributed by atoms with van der Waals surface area (Å²) in [5.74, 6) is 0.507. The Morgan fingerprint density at radius 2 is 1.92 bits per heavy atom. The van der Waals surface area contributed by atoms with Gasteiger partial charge in [-0.25, -0.2) is 4.98 Å². The van der Waals surface area contributed by atoms with Gasteiger partial charge in [-0.15, -0.1) is 0 Å². The minimum atomic E-state index is -0.203. The van der Waals surface area contributed by atoms with Crippen molar-refractivity contribution in [3.05, 3.63) is 58.2 Å². The maximum absolute atomic E-state index is 9.91. The van der Waals surface area contributed by atoms with Crippen molar-refractivity contribution in [1.82, 2.24) is 10.3 Å². The number of methoxy groups -OCH3 is 1. The standard InChI is InChI=1S/C19H17ClN2O3/c1-25-12-2-3-15-11(6-12)7-14(19(20)22-15)18-13-9-17(24)16(23)8-10(13)4-5-21-18/h2-3,6-9,18,21,23-24H,4-5H2,1H3. The summed E-state index contributed by atoms with van der Waals surface area (Å²) in [6.45, 7) is 0.744. The van der Waals surface area contributed by atoms with Crippen LogP contribution in [0, 0.1) is 0 Å². The molecule has 3 N–H and O–H groups in total. The fourth-order valence-corrected chi connectivity index (χ4v) is 3.59. The van der Waals surface area contributed by atoms with Crippen LogP contribution in [0.1, 0.15) is 22.7 Å². The Morgan fingerprint density at radius 3 is 2.72 bits per heavy atom. The Morgan fingerprint density at radius 1 is 1.12 bits per heavy atom. The number of hydrogen-bond donors (Lipinski definition) is 3. The maximum atomic E-state index is 9.91. The zero-order valence-corrected chi connectivity index (χ0v) is 14.3. The lowest BCUT2D eigenvalue weighted by atomic mass is 9.89. The first kappa shape index (κ1) is 16.0. The van der Waals surface area contributed by atoms with E-state index in [2.05, 4.69) is 10.3 Å². The Balaban J connectivity index is 1.88. The Labute approximate surface area is 149 Å². The van der Waals surface area contributed by atoms with E-state index in [0.29, 0.717) is 5.15 Å². The fraction of sp³-hybridized carbons (Fsp3) is 0.211. The first-order valence-electron chi connectivity index (χ1n) is 7.99. The van der Waals surface area contributed by atoms with E-state index in [1.165, 1.54) is 0 Å². The molecule has 2 aromatic carbocycles. The summed E-state index contributed by atoms with van der Waals surface area (Å²) in [4.78, 5) is 4.50. The molecule has 1 aliphatic rings. The number of rotatable bonds is 2. The molecule has 0 fully saturated rings. The Hall–Kier alpha value is -2.50. The van der Waals surface area contributed by atoms with Crippen molar-refractivity contribution in [2.24, 2.45) is 0 Å². The van der Waals surface area contributed by atoms with Crippen molar-refractivity contribution < 1.29 is 14.9 Å². The molecule has 1 aromatic heterocycles. The number of hydrogen-bond acceptors (Lipinski definition) is 5. The third-order valence-corrected chi connectivity index (χ3v) is 4.91. The van der Waals surface area contributed by atoms with Crippen LogP contribution in [0.5, 0.6) is 17.2 Å². The summed E-state index contributed by atoms with van der Waals surface area (Å²) in [6, 6.07) is 10.6. The molecule has 0 bridgehead atoms. The average molecular weight is 357 g/mol. The number of benzene rings is 2. The van der Waals surface area contributed by atoms with Crippen LogP contribution in [0.4, 0.5) is 0 Å². The minimum Gasteiger partial charge on any atom is -0.504 e. The number of aromatic nitrogens is 1. The lowest BCUT2D eigenvalue weighted by Crippen LogP contribution is -2.30. The van der Waals surface area contributed by atoms with Gasteiger partial charge < -0.3 is 20.3 Å². The predicted octanol–water partition coefficient (Wildman–Crippen LogP) is 3.54. The van der Waals surface area contributed by atoms with Crippen molar-refractivity contribution in [3.8, 4) is 17.2 Å². The van der Waals surface area contributed by atoms with E-state index in [1.807, 2.05) is 24.3 Å². The number of pyridine rings is 1. The molecule has 0 saturated heterocycles.